The number of nitrogens with zero attached hydrogens (tertiary/aromatic N) is 2. The predicted octanol–water partition coefficient (Wildman–Crippen LogP) is 3.96. The maximum Gasteiger partial charge on any atom is 0.322 e. The number of urea groups is 1. The average molecular weight is 381 g/mol. The zero-order valence-corrected chi connectivity index (χ0v) is 16.9. The number of carbonyl (C=O) groups is 2. The summed E-state index contributed by atoms with van der Waals surface area (Å²) in [6.45, 7) is 7.01. The lowest BCUT2D eigenvalue weighted by molar-refractivity contribution is -0.128. The summed E-state index contributed by atoms with van der Waals surface area (Å²) in [5, 5.41) is 2.97. The van der Waals surface area contributed by atoms with Gasteiger partial charge in [0.25, 0.3) is 0 Å². The molecule has 0 spiro atoms. The van der Waals surface area contributed by atoms with E-state index in [2.05, 4.69) is 5.32 Å². The van der Waals surface area contributed by atoms with E-state index in [1.165, 1.54) is 0 Å². The zero-order chi connectivity index (χ0) is 20.3. The Morgan fingerprint density at radius 2 is 1.93 bits per heavy atom. The third-order valence-corrected chi connectivity index (χ3v) is 5.10. The van der Waals surface area contributed by atoms with Crippen molar-refractivity contribution in [2.75, 3.05) is 25.5 Å². The van der Waals surface area contributed by atoms with E-state index in [4.69, 9.17) is 4.74 Å². The molecule has 1 N–H and O–H groups in total. The average Bonchev–Trinajstić information content (AvgIpc) is 2.82. The van der Waals surface area contributed by atoms with Crippen molar-refractivity contribution in [2.45, 2.75) is 33.4 Å². The number of hydrogen-bond acceptors (Lipinski definition) is 3. The van der Waals surface area contributed by atoms with Crippen molar-refractivity contribution in [1.82, 2.24) is 9.80 Å². The molecular weight excluding hydrogens is 354 g/mol. The highest BCUT2D eigenvalue weighted by molar-refractivity contribution is 5.89. The minimum absolute atomic E-state index is 0.0124. The van der Waals surface area contributed by atoms with Crippen LogP contribution in [0.2, 0.25) is 0 Å². The van der Waals surface area contributed by atoms with Crippen LogP contribution in [0, 0.1) is 6.92 Å². The molecule has 1 atom stereocenters. The number of amides is 3. The predicted molar refractivity (Wildman–Crippen MR) is 109 cm³/mol. The number of carbonyl (C=O) groups excluding carboxylic acids is 2. The van der Waals surface area contributed by atoms with E-state index in [-0.39, 0.29) is 18.0 Å². The van der Waals surface area contributed by atoms with Gasteiger partial charge >= 0.3 is 6.03 Å². The van der Waals surface area contributed by atoms with E-state index in [0.29, 0.717) is 19.7 Å². The molecule has 1 unspecified atom stereocenters. The summed E-state index contributed by atoms with van der Waals surface area (Å²) in [7, 11) is 1.77. The highest BCUT2D eigenvalue weighted by Gasteiger charge is 2.27. The molecule has 1 heterocycles. The molecule has 28 heavy (non-hydrogen) atoms. The Balaban J connectivity index is 1.80. The summed E-state index contributed by atoms with van der Waals surface area (Å²) in [6.07, 6.45) is 0. The van der Waals surface area contributed by atoms with Crippen LogP contribution in [-0.2, 0) is 11.3 Å². The van der Waals surface area contributed by atoms with E-state index in [9.17, 15) is 9.59 Å². The second-order valence-corrected chi connectivity index (χ2v) is 7.26. The number of fused-ring (bicyclic) bond motifs is 1. The smallest absolute Gasteiger partial charge is 0.322 e. The molecule has 3 rings (SSSR count). The van der Waals surface area contributed by atoms with Crippen LogP contribution >= 0.6 is 0 Å². The lowest BCUT2D eigenvalue weighted by atomic mass is 10.0. The van der Waals surface area contributed by atoms with Crippen LogP contribution in [0.4, 0.5) is 10.5 Å². The molecule has 148 valence electrons. The van der Waals surface area contributed by atoms with Gasteiger partial charge in [0.2, 0.25) is 5.91 Å². The van der Waals surface area contributed by atoms with E-state index in [1.54, 1.807) is 23.8 Å². The van der Waals surface area contributed by atoms with E-state index in [1.807, 2.05) is 56.3 Å². The van der Waals surface area contributed by atoms with Gasteiger partial charge in [-0.25, -0.2) is 4.79 Å². The third kappa shape index (κ3) is 4.44. The second kappa shape index (κ2) is 8.33. The van der Waals surface area contributed by atoms with Crippen LogP contribution in [0.15, 0.2) is 42.5 Å². The summed E-state index contributed by atoms with van der Waals surface area (Å²) in [5.74, 6) is 0.797. The van der Waals surface area contributed by atoms with Crippen molar-refractivity contribution in [3.05, 3.63) is 59.2 Å². The van der Waals surface area contributed by atoms with Crippen molar-refractivity contribution < 1.29 is 14.3 Å². The van der Waals surface area contributed by atoms with E-state index >= 15 is 0 Å². The number of anilines is 1. The van der Waals surface area contributed by atoms with Crippen molar-refractivity contribution in [3.63, 3.8) is 0 Å². The third-order valence-electron chi connectivity index (χ3n) is 5.10. The van der Waals surface area contributed by atoms with Crippen molar-refractivity contribution in [2.24, 2.45) is 0 Å². The number of nitrogens with one attached hydrogen (secondary N) is 1. The fourth-order valence-electron chi connectivity index (χ4n) is 3.26. The number of ether oxygens (including phenoxy) is 1. The largest absolute Gasteiger partial charge is 0.491 e. The maximum atomic E-state index is 12.9. The Morgan fingerprint density at radius 1 is 1.21 bits per heavy atom. The van der Waals surface area contributed by atoms with Crippen LogP contribution in [0.3, 0.4) is 0 Å². The quantitative estimate of drug-likeness (QED) is 0.875. The Kier molecular flexibility index (Phi) is 5.87. The highest BCUT2D eigenvalue weighted by Crippen LogP contribution is 2.33. The van der Waals surface area contributed by atoms with E-state index < -0.39 is 0 Å². The van der Waals surface area contributed by atoms with Crippen LogP contribution in [-0.4, -0.2) is 41.9 Å². The Bertz CT molecular complexity index is 864. The number of hydrogen-bond donors (Lipinski definition) is 1. The molecule has 0 radical (unpaired) electrons. The molecule has 0 aliphatic carbocycles. The Morgan fingerprint density at radius 3 is 2.61 bits per heavy atom. The first kappa shape index (κ1) is 19.7. The Hall–Kier alpha value is -3.02. The van der Waals surface area contributed by atoms with Gasteiger partial charge in [0.15, 0.2) is 0 Å². The van der Waals surface area contributed by atoms with Crippen LogP contribution in [0.5, 0.6) is 5.75 Å². The summed E-state index contributed by atoms with van der Waals surface area (Å²) in [6, 6.07) is 13.4. The summed E-state index contributed by atoms with van der Waals surface area (Å²) in [4.78, 5) is 27.9. The lowest BCUT2D eigenvalue weighted by Gasteiger charge is -2.27. The molecule has 2 aromatic rings. The van der Waals surface area contributed by atoms with E-state index in [0.717, 1.165) is 28.1 Å². The van der Waals surface area contributed by atoms with Gasteiger partial charge in [-0.3, -0.25) is 4.79 Å². The van der Waals surface area contributed by atoms with Gasteiger partial charge in [0, 0.05) is 31.8 Å². The van der Waals surface area contributed by atoms with Gasteiger partial charge in [0.05, 0.1) is 12.6 Å². The molecule has 0 bridgehead atoms. The fourth-order valence-corrected chi connectivity index (χ4v) is 3.26. The zero-order valence-electron chi connectivity index (χ0n) is 16.9. The van der Waals surface area contributed by atoms with Gasteiger partial charge in [0.1, 0.15) is 12.4 Å². The van der Waals surface area contributed by atoms with Crippen LogP contribution < -0.4 is 10.1 Å². The Labute approximate surface area is 166 Å². The first-order valence-corrected chi connectivity index (χ1v) is 9.47. The molecule has 0 saturated heterocycles. The number of benzene rings is 2. The lowest BCUT2D eigenvalue weighted by Crippen LogP contribution is -2.38. The topological polar surface area (TPSA) is 61.9 Å². The molecular formula is C22H27N3O3. The minimum Gasteiger partial charge on any atom is -0.491 e. The standard InChI is InChI=1S/C22H27N3O3/c1-15-5-8-19(9-6-15)23-22(27)25-11-12-28-21-10-7-18(13-20(21)16(25)2)14-24(4)17(3)26/h5-10,13,16H,11-12,14H2,1-4H3,(H,23,27). The SMILES string of the molecule is CC(=O)N(C)Cc1ccc2c(c1)C(C)N(C(=O)Nc1ccc(C)cc1)CCO2. The molecule has 0 fully saturated rings. The van der Waals surface area contributed by atoms with Gasteiger partial charge in [-0.1, -0.05) is 23.8 Å². The second-order valence-electron chi connectivity index (χ2n) is 7.26. The number of aryl methyl sites for hydroxylation is 1. The highest BCUT2D eigenvalue weighted by atomic mass is 16.5. The van der Waals surface area contributed by atoms with Crippen molar-refractivity contribution in [1.29, 1.82) is 0 Å². The first-order valence-electron chi connectivity index (χ1n) is 9.47. The van der Waals surface area contributed by atoms with Crippen LogP contribution in [0.25, 0.3) is 0 Å². The van der Waals surface area contributed by atoms with Gasteiger partial charge < -0.3 is 19.9 Å². The van der Waals surface area contributed by atoms with Gasteiger partial charge in [-0.05, 0) is 43.7 Å². The van der Waals surface area contributed by atoms with Gasteiger partial charge in [-0.15, -0.1) is 0 Å². The molecule has 1 aliphatic heterocycles. The van der Waals surface area contributed by atoms with Crippen molar-refractivity contribution >= 4 is 17.6 Å². The van der Waals surface area contributed by atoms with Crippen LogP contribution in [0.1, 0.15) is 36.6 Å². The first-order chi connectivity index (χ1) is 13.3. The van der Waals surface area contributed by atoms with Crippen molar-refractivity contribution in [3.8, 4) is 5.75 Å². The molecule has 6 heteroatoms. The van der Waals surface area contributed by atoms with Gasteiger partial charge in [-0.2, -0.15) is 0 Å². The molecule has 1 aliphatic rings. The number of rotatable bonds is 3. The monoisotopic (exact) mass is 381 g/mol. The molecule has 0 aromatic heterocycles. The molecule has 3 amide bonds. The maximum absolute atomic E-state index is 12.9. The summed E-state index contributed by atoms with van der Waals surface area (Å²) >= 11 is 0. The fraction of sp³-hybridized carbons (Fsp3) is 0.364. The normalized spacial score (nSPS) is 15.9. The molecule has 6 nitrogen and oxygen atoms in total. The molecule has 0 saturated carbocycles. The minimum atomic E-state index is -0.154. The summed E-state index contributed by atoms with van der Waals surface area (Å²) < 4.78 is 5.87. The molecule has 2 aromatic carbocycles. The summed E-state index contributed by atoms with van der Waals surface area (Å²) in [5.41, 5.74) is 3.87.